The molecule has 1 aromatic rings. The van der Waals surface area contributed by atoms with E-state index >= 15 is 0 Å². The average Bonchev–Trinajstić information content (AvgIpc) is 2.42. The Balaban J connectivity index is 3.42. The molecule has 0 amide bonds. The van der Waals surface area contributed by atoms with E-state index < -0.39 is 7.82 Å². The van der Waals surface area contributed by atoms with Crippen LogP contribution in [-0.2, 0) is 13.6 Å². The molecule has 19 heavy (non-hydrogen) atoms. The van der Waals surface area contributed by atoms with E-state index in [0.717, 1.165) is 14.2 Å². The number of phosphoric ester groups is 1. The van der Waals surface area contributed by atoms with E-state index in [0.29, 0.717) is 0 Å². The van der Waals surface area contributed by atoms with Gasteiger partial charge in [0, 0.05) is 14.2 Å². The molecule has 0 aromatic heterocycles. The van der Waals surface area contributed by atoms with Gasteiger partial charge < -0.3 is 9.26 Å². The van der Waals surface area contributed by atoms with Gasteiger partial charge in [-0.1, -0.05) is 46.4 Å². The van der Waals surface area contributed by atoms with Crippen LogP contribution in [0.2, 0.25) is 20.1 Å². The van der Waals surface area contributed by atoms with Crippen LogP contribution in [0.25, 0.3) is 0 Å². The van der Waals surface area contributed by atoms with Crippen LogP contribution in [0, 0.1) is 0 Å². The first-order valence-electron chi connectivity index (χ1n) is 4.62. The number of benzene rings is 1. The normalized spacial score (nSPS) is 11.5. The summed E-state index contributed by atoms with van der Waals surface area (Å²) in [7, 11) is -0.229. The van der Waals surface area contributed by atoms with Crippen LogP contribution in [0.1, 0.15) is 0 Å². The summed E-state index contributed by atoms with van der Waals surface area (Å²) in [6, 6.07) is 0. The van der Waals surface area contributed by atoms with Crippen LogP contribution in [-0.4, -0.2) is 21.3 Å². The van der Waals surface area contributed by atoms with Crippen molar-refractivity contribution in [2.45, 2.75) is 0 Å². The molecule has 0 aliphatic rings. The number of ether oxygens (including phenoxy) is 1. The fourth-order valence-electron chi connectivity index (χ4n) is 1.11. The molecule has 1 aromatic carbocycles. The van der Waals surface area contributed by atoms with Crippen LogP contribution < -0.4 is 9.26 Å². The Bertz CT molecular complexity index is 499. The fourth-order valence-corrected chi connectivity index (χ4v) is 2.97. The number of phosphoric acid groups is 1. The maximum Gasteiger partial charge on any atom is 0.529 e. The van der Waals surface area contributed by atoms with Crippen molar-refractivity contribution in [2.24, 2.45) is 0 Å². The Morgan fingerprint density at radius 3 is 1.47 bits per heavy atom. The number of halogens is 4. The Morgan fingerprint density at radius 2 is 1.16 bits per heavy atom. The third kappa shape index (κ3) is 3.42. The van der Waals surface area contributed by atoms with E-state index in [-0.39, 0.29) is 31.6 Å². The van der Waals surface area contributed by atoms with Gasteiger partial charge in [-0.3, -0.25) is 9.05 Å². The summed E-state index contributed by atoms with van der Waals surface area (Å²) in [6.07, 6.45) is 0. The van der Waals surface area contributed by atoms with Crippen LogP contribution in [0.15, 0.2) is 0 Å². The molecule has 0 N–H and O–H groups in total. The molecular weight excluding hydrogens is 361 g/mol. The van der Waals surface area contributed by atoms with E-state index in [1.54, 1.807) is 0 Å². The molecule has 5 nitrogen and oxygen atoms in total. The highest BCUT2D eigenvalue weighted by Crippen LogP contribution is 2.56. The fraction of sp³-hybridized carbons (Fsp3) is 0.333. The Hall–Kier alpha value is 0.130. The number of rotatable bonds is 5. The van der Waals surface area contributed by atoms with Crippen molar-refractivity contribution in [3.05, 3.63) is 20.1 Å². The van der Waals surface area contributed by atoms with Crippen LogP contribution in [0.5, 0.6) is 11.5 Å². The zero-order valence-corrected chi connectivity index (χ0v) is 13.9. The lowest BCUT2D eigenvalue weighted by molar-refractivity contribution is 0.211. The van der Waals surface area contributed by atoms with Crippen molar-refractivity contribution >= 4 is 54.2 Å². The lowest BCUT2D eigenvalue weighted by Crippen LogP contribution is -2.00. The summed E-state index contributed by atoms with van der Waals surface area (Å²) in [5, 5.41) is -0.316. The Morgan fingerprint density at radius 1 is 0.789 bits per heavy atom. The van der Waals surface area contributed by atoms with Crippen LogP contribution >= 0.6 is 54.2 Å². The van der Waals surface area contributed by atoms with Gasteiger partial charge in [0.15, 0.2) is 11.5 Å². The maximum atomic E-state index is 11.9. The molecule has 0 unspecified atom stereocenters. The van der Waals surface area contributed by atoms with Gasteiger partial charge in [0.2, 0.25) is 0 Å². The third-order valence-electron chi connectivity index (χ3n) is 2.04. The van der Waals surface area contributed by atoms with Gasteiger partial charge in [-0.25, -0.2) is 4.57 Å². The largest absolute Gasteiger partial charge is 0.529 e. The molecular formula is C9H9Cl4O5P. The highest BCUT2D eigenvalue weighted by molar-refractivity contribution is 7.48. The quantitative estimate of drug-likeness (QED) is 0.534. The van der Waals surface area contributed by atoms with E-state index in [2.05, 4.69) is 9.05 Å². The van der Waals surface area contributed by atoms with E-state index in [1.807, 2.05) is 0 Å². The lowest BCUT2D eigenvalue weighted by Gasteiger charge is -2.18. The summed E-state index contributed by atoms with van der Waals surface area (Å²) in [5.74, 6) is -0.137. The van der Waals surface area contributed by atoms with Crippen molar-refractivity contribution in [3.63, 3.8) is 0 Å². The second kappa shape index (κ2) is 6.72. The van der Waals surface area contributed by atoms with Crippen molar-refractivity contribution < 1.29 is 22.9 Å². The Labute approximate surface area is 130 Å². The molecule has 0 heterocycles. The molecule has 108 valence electrons. The predicted molar refractivity (Wildman–Crippen MR) is 75.3 cm³/mol. The SMILES string of the molecule is COc1c(Cl)c(Cl)c(OP(=O)(OC)OC)c(Cl)c1Cl. The molecule has 0 atom stereocenters. The molecule has 0 saturated heterocycles. The van der Waals surface area contributed by atoms with Gasteiger partial charge in [0.1, 0.15) is 20.1 Å². The van der Waals surface area contributed by atoms with Gasteiger partial charge in [-0.15, -0.1) is 0 Å². The van der Waals surface area contributed by atoms with Crippen molar-refractivity contribution in [2.75, 3.05) is 21.3 Å². The molecule has 0 aliphatic carbocycles. The van der Waals surface area contributed by atoms with Gasteiger partial charge >= 0.3 is 7.82 Å². The van der Waals surface area contributed by atoms with E-state index in [9.17, 15) is 4.57 Å². The smallest absolute Gasteiger partial charge is 0.494 e. The molecule has 0 bridgehead atoms. The highest BCUT2D eigenvalue weighted by atomic mass is 35.5. The molecule has 1 rings (SSSR count). The third-order valence-corrected chi connectivity index (χ3v) is 4.97. The van der Waals surface area contributed by atoms with Gasteiger partial charge in [0.05, 0.1) is 7.11 Å². The summed E-state index contributed by atoms with van der Waals surface area (Å²) < 4.78 is 31.1. The topological polar surface area (TPSA) is 54.0 Å². The molecule has 0 saturated carbocycles. The molecule has 0 aliphatic heterocycles. The minimum atomic E-state index is -3.85. The number of hydrogen-bond donors (Lipinski definition) is 0. The van der Waals surface area contributed by atoms with E-state index in [1.165, 1.54) is 7.11 Å². The molecule has 10 heteroatoms. The summed E-state index contributed by atoms with van der Waals surface area (Å²) in [4.78, 5) is 0. The van der Waals surface area contributed by atoms with Crippen molar-refractivity contribution in [1.29, 1.82) is 0 Å². The first kappa shape index (κ1) is 17.2. The number of methoxy groups -OCH3 is 1. The zero-order chi connectivity index (χ0) is 14.8. The lowest BCUT2D eigenvalue weighted by atomic mass is 10.3. The maximum absolute atomic E-state index is 11.9. The van der Waals surface area contributed by atoms with Gasteiger partial charge in [-0.05, 0) is 0 Å². The van der Waals surface area contributed by atoms with Crippen molar-refractivity contribution in [3.8, 4) is 11.5 Å². The molecule has 0 radical (unpaired) electrons. The minimum absolute atomic E-state index is 0.0349. The summed E-state index contributed by atoms with van der Waals surface area (Å²) in [6.45, 7) is 0. The number of hydrogen-bond acceptors (Lipinski definition) is 5. The monoisotopic (exact) mass is 368 g/mol. The second-order valence-electron chi connectivity index (χ2n) is 3.02. The highest BCUT2D eigenvalue weighted by Gasteiger charge is 2.31. The molecule has 0 fully saturated rings. The standard InChI is InChI=1S/C9H9Cl4O5P/c1-15-8-4(10)6(12)9(7(13)5(8)11)18-19(14,16-2)17-3/h1-3H3. The van der Waals surface area contributed by atoms with E-state index in [4.69, 9.17) is 55.7 Å². The van der Waals surface area contributed by atoms with Gasteiger partial charge in [0.25, 0.3) is 0 Å². The second-order valence-corrected chi connectivity index (χ2v) is 6.34. The molecule has 0 spiro atoms. The van der Waals surface area contributed by atoms with Crippen LogP contribution in [0.3, 0.4) is 0 Å². The Kier molecular flexibility index (Phi) is 6.08. The predicted octanol–water partition coefficient (Wildman–Crippen LogP) is 5.09. The van der Waals surface area contributed by atoms with Crippen LogP contribution in [0.4, 0.5) is 0 Å². The summed E-state index contributed by atoms with van der Waals surface area (Å²) >= 11 is 23.8. The minimum Gasteiger partial charge on any atom is -0.494 e. The zero-order valence-electron chi connectivity index (χ0n) is 10.0. The van der Waals surface area contributed by atoms with Crippen molar-refractivity contribution in [1.82, 2.24) is 0 Å². The first-order valence-corrected chi connectivity index (χ1v) is 7.59. The van der Waals surface area contributed by atoms with Gasteiger partial charge in [-0.2, -0.15) is 0 Å². The average molecular weight is 370 g/mol. The summed E-state index contributed by atoms with van der Waals surface area (Å²) in [5.41, 5.74) is 0. The first-order chi connectivity index (χ1) is 8.81.